The number of hydrogen-bond donors (Lipinski definition) is 0. The van der Waals surface area contributed by atoms with Gasteiger partial charge in [-0.15, -0.1) is 0 Å². The van der Waals surface area contributed by atoms with E-state index in [4.69, 9.17) is 0 Å². The molecule has 5 rings (SSSR count). The third-order valence-electron chi connectivity index (χ3n) is 5.19. The van der Waals surface area contributed by atoms with Crippen LogP contribution in [0.1, 0.15) is 11.1 Å². The van der Waals surface area contributed by atoms with Crippen LogP contribution >= 0.6 is 31.9 Å². The molecule has 0 aliphatic heterocycles. The van der Waals surface area contributed by atoms with Gasteiger partial charge in [0.1, 0.15) is 0 Å². The lowest BCUT2D eigenvalue weighted by Gasteiger charge is -2.13. The first-order chi connectivity index (χ1) is 13.6. The molecule has 28 heavy (non-hydrogen) atoms. The molecule has 5 aromatic rings. The highest BCUT2D eigenvalue weighted by atomic mass is 79.9. The van der Waals surface area contributed by atoms with Crippen molar-refractivity contribution in [1.82, 2.24) is 0 Å². The van der Waals surface area contributed by atoms with Gasteiger partial charge in [-0.25, -0.2) is 0 Å². The van der Waals surface area contributed by atoms with Crippen molar-refractivity contribution in [3.63, 3.8) is 0 Å². The maximum Gasteiger partial charge on any atom is 0.0998 e. The first-order valence-corrected chi connectivity index (χ1v) is 10.2. The maximum absolute atomic E-state index is 9.65. The topological polar surface area (TPSA) is 47.6 Å². The summed E-state index contributed by atoms with van der Waals surface area (Å²) in [7, 11) is 0. The SMILES string of the molecule is N#Cc1cc2ccc3cc(C#N)c4ccc(Br)cc4c3c2c2cc(Br)ccc12. The minimum Gasteiger partial charge on any atom is -0.192 e. The Hall–Kier alpha value is -2.92. The highest BCUT2D eigenvalue weighted by molar-refractivity contribution is 9.10. The molecule has 5 aromatic carbocycles. The average molecular weight is 486 g/mol. The van der Waals surface area contributed by atoms with Gasteiger partial charge in [0.25, 0.3) is 0 Å². The quantitative estimate of drug-likeness (QED) is 0.212. The van der Waals surface area contributed by atoms with Crippen LogP contribution in [0, 0.1) is 22.7 Å². The zero-order valence-corrected chi connectivity index (χ0v) is 17.6. The zero-order valence-electron chi connectivity index (χ0n) is 14.4. The number of nitrogens with zero attached hydrogens (tertiary/aromatic N) is 2. The van der Waals surface area contributed by atoms with Crippen LogP contribution in [0.25, 0.3) is 43.1 Å². The first kappa shape index (κ1) is 17.2. The Labute approximate surface area is 177 Å². The van der Waals surface area contributed by atoms with Crippen molar-refractivity contribution in [3.8, 4) is 12.1 Å². The Kier molecular flexibility index (Phi) is 3.88. The van der Waals surface area contributed by atoms with Crippen LogP contribution in [0.2, 0.25) is 0 Å². The molecule has 0 saturated heterocycles. The van der Waals surface area contributed by atoms with Crippen LogP contribution in [0.4, 0.5) is 0 Å². The Morgan fingerprint density at radius 3 is 1.36 bits per heavy atom. The molecule has 0 N–H and O–H groups in total. The number of fused-ring (bicyclic) bond motifs is 7. The van der Waals surface area contributed by atoms with Gasteiger partial charge in [-0.1, -0.05) is 56.1 Å². The summed E-state index contributed by atoms with van der Waals surface area (Å²) in [5.41, 5.74) is 1.32. The van der Waals surface area contributed by atoms with Crippen LogP contribution in [0.5, 0.6) is 0 Å². The van der Waals surface area contributed by atoms with Crippen LogP contribution in [-0.4, -0.2) is 0 Å². The standard InChI is InChI=1S/C24H10Br2N2/c25-17-3-5-19-15(11-27)7-13-1-2-14-8-16(12-28)20-6-4-18(26)10-22(20)24(14)23(13)21(19)9-17/h1-10H. The summed E-state index contributed by atoms with van der Waals surface area (Å²) in [5.74, 6) is 0. The van der Waals surface area contributed by atoms with Crippen molar-refractivity contribution in [2.45, 2.75) is 0 Å². The van der Waals surface area contributed by atoms with E-state index in [9.17, 15) is 10.5 Å². The van der Waals surface area contributed by atoms with Gasteiger partial charge in [-0.3, -0.25) is 0 Å². The van der Waals surface area contributed by atoms with E-state index in [0.717, 1.165) is 52.0 Å². The molecule has 0 heterocycles. The van der Waals surface area contributed by atoms with Gasteiger partial charge in [-0.05, 0) is 68.7 Å². The van der Waals surface area contributed by atoms with Crippen LogP contribution in [0.15, 0.2) is 69.6 Å². The molecule has 0 aliphatic carbocycles. The molecule has 0 fully saturated rings. The number of benzene rings is 5. The molecule has 130 valence electrons. The van der Waals surface area contributed by atoms with Gasteiger partial charge in [0.05, 0.1) is 23.3 Å². The van der Waals surface area contributed by atoms with Gasteiger partial charge < -0.3 is 0 Å². The summed E-state index contributed by atoms with van der Waals surface area (Å²) in [6.07, 6.45) is 0. The van der Waals surface area contributed by atoms with Crippen LogP contribution in [0.3, 0.4) is 0 Å². The molecule has 4 heteroatoms. The predicted octanol–water partition coefficient (Wildman–Crippen LogP) is 7.57. The molecule has 0 unspecified atom stereocenters. The third kappa shape index (κ3) is 2.43. The van der Waals surface area contributed by atoms with Crippen molar-refractivity contribution in [2.75, 3.05) is 0 Å². The van der Waals surface area contributed by atoms with Gasteiger partial charge >= 0.3 is 0 Å². The van der Waals surface area contributed by atoms with Crippen LogP contribution < -0.4 is 0 Å². The number of nitriles is 2. The molecule has 0 bridgehead atoms. The fourth-order valence-corrected chi connectivity index (χ4v) is 4.75. The van der Waals surface area contributed by atoms with Gasteiger partial charge in [0.2, 0.25) is 0 Å². The van der Waals surface area contributed by atoms with Crippen LogP contribution in [-0.2, 0) is 0 Å². The fraction of sp³-hybridized carbons (Fsp3) is 0. The van der Waals surface area contributed by atoms with E-state index in [-0.39, 0.29) is 0 Å². The molecule has 0 atom stereocenters. The van der Waals surface area contributed by atoms with Crippen molar-refractivity contribution in [2.24, 2.45) is 0 Å². The molecule has 0 aromatic heterocycles. The summed E-state index contributed by atoms with van der Waals surface area (Å²) in [6.45, 7) is 0. The first-order valence-electron chi connectivity index (χ1n) is 8.62. The Bertz CT molecular complexity index is 1430. The molecule has 0 radical (unpaired) electrons. The van der Waals surface area contributed by atoms with E-state index < -0.39 is 0 Å². The van der Waals surface area contributed by atoms with E-state index >= 15 is 0 Å². The Morgan fingerprint density at radius 2 is 0.964 bits per heavy atom. The second-order valence-corrected chi connectivity index (χ2v) is 8.54. The van der Waals surface area contributed by atoms with E-state index in [1.54, 1.807) is 0 Å². The van der Waals surface area contributed by atoms with Gasteiger partial charge in [0, 0.05) is 19.7 Å². The average Bonchev–Trinajstić information content (AvgIpc) is 2.71. The lowest BCUT2D eigenvalue weighted by molar-refractivity contribution is 1.51. The smallest absolute Gasteiger partial charge is 0.0998 e. The molecule has 0 amide bonds. The molecule has 0 spiro atoms. The number of rotatable bonds is 0. The molecular formula is C24H10Br2N2. The van der Waals surface area contributed by atoms with E-state index in [2.05, 4.69) is 56.1 Å². The summed E-state index contributed by atoms with van der Waals surface area (Å²) in [4.78, 5) is 0. The maximum atomic E-state index is 9.65. The highest BCUT2D eigenvalue weighted by Crippen LogP contribution is 2.40. The zero-order chi connectivity index (χ0) is 19.4. The fourth-order valence-electron chi connectivity index (χ4n) is 4.02. The monoisotopic (exact) mass is 484 g/mol. The lowest BCUT2D eigenvalue weighted by Crippen LogP contribution is -1.89. The van der Waals surface area contributed by atoms with Crippen molar-refractivity contribution in [3.05, 3.63) is 80.7 Å². The van der Waals surface area contributed by atoms with Gasteiger partial charge in [0.15, 0.2) is 0 Å². The summed E-state index contributed by atoms with van der Waals surface area (Å²) >= 11 is 7.16. The number of hydrogen-bond acceptors (Lipinski definition) is 2. The second kappa shape index (κ2) is 6.31. The second-order valence-electron chi connectivity index (χ2n) is 6.71. The van der Waals surface area contributed by atoms with Crippen molar-refractivity contribution in [1.29, 1.82) is 10.5 Å². The highest BCUT2D eigenvalue weighted by Gasteiger charge is 2.14. The Balaban J connectivity index is 2.18. The minimum absolute atomic E-state index is 0.661. The molecule has 0 aliphatic rings. The largest absolute Gasteiger partial charge is 0.192 e. The molecule has 2 nitrogen and oxygen atoms in total. The molecule has 0 saturated carbocycles. The normalized spacial score (nSPS) is 11.1. The third-order valence-corrected chi connectivity index (χ3v) is 6.18. The van der Waals surface area contributed by atoms with E-state index in [0.29, 0.717) is 11.1 Å². The lowest BCUT2D eigenvalue weighted by atomic mass is 9.90. The minimum atomic E-state index is 0.661. The van der Waals surface area contributed by atoms with Crippen molar-refractivity contribution >= 4 is 74.9 Å². The summed E-state index contributed by atoms with van der Waals surface area (Å²) in [5, 5.41) is 27.4. The van der Waals surface area contributed by atoms with E-state index in [1.165, 1.54) is 0 Å². The van der Waals surface area contributed by atoms with Gasteiger partial charge in [-0.2, -0.15) is 10.5 Å². The number of halogens is 2. The summed E-state index contributed by atoms with van der Waals surface area (Å²) in [6, 6.07) is 24.7. The Morgan fingerprint density at radius 1 is 0.536 bits per heavy atom. The summed E-state index contributed by atoms with van der Waals surface area (Å²) < 4.78 is 1.93. The molecular weight excluding hydrogens is 476 g/mol. The van der Waals surface area contributed by atoms with Crippen molar-refractivity contribution < 1.29 is 0 Å². The van der Waals surface area contributed by atoms with E-state index in [1.807, 2.05) is 48.5 Å². The predicted molar refractivity (Wildman–Crippen MR) is 121 cm³/mol.